The molecule has 0 bridgehead atoms. The number of benzene rings is 5. The number of aromatic nitrogens is 2. The molecule has 1 unspecified atom stereocenters. The number of nitrogens with one attached hydrogen (secondary N) is 1. The van der Waals surface area contributed by atoms with E-state index in [2.05, 4.69) is 52.9 Å². The van der Waals surface area contributed by atoms with Gasteiger partial charge in [-0.2, -0.15) is 0 Å². The van der Waals surface area contributed by atoms with E-state index in [0.717, 1.165) is 27.5 Å². The largest absolute Gasteiger partial charge is 0.378 e. The van der Waals surface area contributed by atoms with Crippen LogP contribution < -0.4 is 5.32 Å². The highest BCUT2D eigenvalue weighted by atomic mass is 16.3. The number of hydrogen-bond donors (Lipinski definition) is 2. The molecular weight excluding hydrogens is 530 g/mol. The average molecular weight is 564 g/mol. The van der Waals surface area contributed by atoms with E-state index in [4.69, 9.17) is 4.98 Å². The Morgan fingerprint density at radius 3 is 1.86 bits per heavy atom. The third kappa shape index (κ3) is 4.84. The molecule has 1 atom stereocenters. The summed E-state index contributed by atoms with van der Waals surface area (Å²) < 4.78 is 2.10. The number of imidazole rings is 1. The van der Waals surface area contributed by atoms with E-state index < -0.39 is 11.1 Å². The lowest BCUT2D eigenvalue weighted by Crippen LogP contribution is -2.37. The maximum absolute atomic E-state index is 12.4. The molecule has 5 nitrogen and oxygen atoms in total. The lowest BCUT2D eigenvalue weighted by Gasteiger charge is -2.37. The van der Waals surface area contributed by atoms with E-state index in [-0.39, 0.29) is 12.3 Å². The van der Waals surface area contributed by atoms with Gasteiger partial charge in [-0.1, -0.05) is 115 Å². The Hall–Kier alpha value is -5.26. The zero-order valence-electron chi connectivity index (χ0n) is 24.0. The number of rotatable bonds is 9. The minimum absolute atomic E-state index is 0.140. The van der Waals surface area contributed by atoms with Gasteiger partial charge in [0, 0.05) is 25.2 Å². The van der Waals surface area contributed by atoms with Crippen molar-refractivity contribution in [2.75, 3.05) is 7.05 Å². The third-order valence-electron chi connectivity index (χ3n) is 8.22. The topological polar surface area (TPSA) is 67.2 Å². The van der Waals surface area contributed by atoms with Crippen LogP contribution in [0.1, 0.15) is 44.7 Å². The average Bonchev–Trinajstić information content (AvgIpc) is 3.57. The zero-order chi connectivity index (χ0) is 29.9. The van der Waals surface area contributed by atoms with Crippen LogP contribution in [-0.4, -0.2) is 27.6 Å². The molecule has 0 saturated heterocycles. The Bertz CT molecular complexity index is 1780. The molecule has 0 radical (unpaired) electrons. The molecule has 0 aliphatic rings. The van der Waals surface area contributed by atoms with E-state index in [1.165, 1.54) is 0 Å². The number of amides is 1. The Morgan fingerprint density at radius 1 is 0.791 bits per heavy atom. The van der Waals surface area contributed by atoms with Crippen LogP contribution in [-0.2, 0) is 11.1 Å². The van der Waals surface area contributed by atoms with Gasteiger partial charge in [-0.25, -0.2) is 4.98 Å². The fraction of sp³-hybridized carbons (Fsp3) is 0.105. The molecule has 6 rings (SSSR count). The summed E-state index contributed by atoms with van der Waals surface area (Å²) in [5.41, 5.74) is 2.83. The van der Waals surface area contributed by atoms with E-state index in [0.29, 0.717) is 16.8 Å². The SMILES string of the molecule is C=CCC(O)(c1ccc2cc(C(=O)NC)ccc2c1)c1cn(C(c2ccccc2)(c2ccccc2)c2ccccc2)cn1. The molecule has 5 heteroatoms. The fourth-order valence-electron chi connectivity index (χ4n) is 6.07. The second kappa shape index (κ2) is 11.6. The lowest BCUT2D eigenvalue weighted by atomic mass is 9.76. The second-order valence-corrected chi connectivity index (χ2v) is 10.7. The van der Waals surface area contributed by atoms with Gasteiger partial charge in [0.1, 0.15) is 11.1 Å². The summed E-state index contributed by atoms with van der Waals surface area (Å²) in [6.45, 7) is 3.96. The van der Waals surface area contributed by atoms with Gasteiger partial charge in [0.15, 0.2) is 0 Å². The molecule has 0 saturated carbocycles. The van der Waals surface area contributed by atoms with Crippen LogP contribution >= 0.6 is 0 Å². The van der Waals surface area contributed by atoms with Gasteiger partial charge >= 0.3 is 0 Å². The van der Waals surface area contributed by atoms with Crippen molar-refractivity contribution in [2.45, 2.75) is 17.6 Å². The first-order valence-corrected chi connectivity index (χ1v) is 14.3. The number of carbonyl (C=O) groups is 1. The summed E-state index contributed by atoms with van der Waals surface area (Å²) in [6, 6.07) is 42.5. The smallest absolute Gasteiger partial charge is 0.251 e. The quantitative estimate of drug-likeness (QED) is 0.146. The fourth-order valence-corrected chi connectivity index (χ4v) is 6.07. The van der Waals surface area contributed by atoms with Gasteiger partial charge in [-0.3, -0.25) is 4.79 Å². The monoisotopic (exact) mass is 563 g/mol. The maximum atomic E-state index is 12.4. The molecule has 1 heterocycles. The number of carbonyl (C=O) groups excluding carboxylic acids is 1. The molecule has 212 valence electrons. The van der Waals surface area contributed by atoms with Crippen molar-refractivity contribution in [3.05, 3.63) is 186 Å². The molecule has 0 spiro atoms. The summed E-state index contributed by atoms with van der Waals surface area (Å²) >= 11 is 0. The summed E-state index contributed by atoms with van der Waals surface area (Å²) in [5.74, 6) is -0.140. The molecule has 0 aliphatic heterocycles. The van der Waals surface area contributed by atoms with Crippen molar-refractivity contribution in [1.82, 2.24) is 14.9 Å². The van der Waals surface area contributed by atoms with E-state index in [9.17, 15) is 9.90 Å². The Labute approximate surface area is 251 Å². The molecule has 43 heavy (non-hydrogen) atoms. The highest BCUT2D eigenvalue weighted by molar-refractivity contribution is 5.98. The van der Waals surface area contributed by atoms with Crippen LogP contribution in [0, 0.1) is 0 Å². The van der Waals surface area contributed by atoms with E-state index in [1.54, 1.807) is 19.2 Å². The van der Waals surface area contributed by atoms with Crippen molar-refractivity contribution >= 4 is 16.7 Å². The minimum Gasteiger partial charge on any atom is -0.378 e. The molecule has 1 amide bonds. The Balaban J connectivity index is 1.54. The van der Waals surface area contributed by atoms with Gasteiger partial charge in [-0.05, 0) is 51.2 Å². The van der Waals surface area contributed by atoms with Gasteiger partial charge < -0.3 is 15.0 Å². The van der Waals surface area contributed by atoms with Crippen LogP contribution in [0.4, 0.5) is 0 Å². The predicted octanol–water partition coefficient (Wildman–Crippen LogP) is 7.05. The number of fused-ring (bicyclic) bond motifs is 1. The number of nitrogens with zero attached hydrogens (tertiary/aromatic N) is 2. The van der Waals surface area contributed by atoms with Crippen LogP contribution in [0.5, 0.6) is 0 Å². The number of hydrogen-bond acceptors (Lipinski definition) is 3. The van der Waals surface area contributed by atoms with Crippen LogP contribution in [0.25, 0.3) is 10.8 Å². The van der Waals surface area contributed by atoms with Crippen LogP contribution in [0.2, 0.25) is 0 Å². The Morgan fingerprint density at radius 2 is 1.33 bits per heavy atom. The van der Waals surface area contributed by atoms with Crippen molar-refractivity contribution in [3.8, 4) is 0 Å². The first kappa shape index (κ1) is 27.9. The number of aliphatic hydroxyl groups is 1. The van der Waals surface area contributed by atoms with Gasteiger partial charge in [0.05, 0.1) is 12.0 Å². The zero-order valence-corrected chi connectivity index (χ0v) is 24.0. The summed E-state index contributed by atoms with van der Waals surface area (Å²) in [4.78, 5) is 17.0. The second-order valence-electron chi connectivity index (χ2n) is 10.7. The van der Waals surface area contributed by atoms with E-state index >= 15 is 0 Å². The summed E-state index contributed by atoms with van der Waals surface area (Å²) in [6.07, 6.45) is 5.75. The highest BCUT2D eigenvalue weighted by Gasteiger charge is 2.40. The minimum atomic E-state index is -1.43. The van der Waals surface area contributed by atoms with Crippen molar-refractivity contribution in [1.29, 1.82) is 0 Å². The van der Waals surface area contributed by atoms with Gasteiger partial charge in [0.25, 0.3) is 5.91 Å². The molecule has 1 aromatic heterocycles. The van der Waals surface area contributed by atoms with E-state index in [1.807, 2.05) is 97.5 Å². The van der Waals surface area contributed by atoms with Crippen LogP contribution in [0.15, 0.2) is 153 Å². The lowest BCUT2D eigenvalue weighted by molar-refractivity contribution is 0.0799. The van der Waals surface area contributed by atoms with Crippen molar-refractivity contribution in [3.63, 3.8) is 0 Å². The van der Waals surface area contributed by atoms with Gasteiger partial charge in [-0.15, -0.1) is 6.58 Å². The normalized spacial score (nSPS) is 12.9. The molecule has 2 N–H and O–H groups in total. The first-order valence-electron chi connectivity index (χ1n) is 14.3. The molecule has 0 fully saturated rings. The molecule has 6 aromatic rings. The summed E-state index contributed by atoms with van der Waals surface area (Å²) in [7, 11) is 1.62. The third-order valence-corrected chi connectivity index (χ3v) is 8.22. The molecule has 0 aliphatic carbocycles. The van der Waals surface area contributed by atoms with Crippen molar-refractivity contribution in [2.24, 2.45) is 0 Å². The molecule has 5 aromatic carbocycles. The summed E-state index contributed by atoms with van der Waals surface area (Å²) in [5, 5.41) is 16.9. The standard InChI is InChI=1S/C38H33N3O2/c1-3-23-37(43,34-22-21-28-24-30(36(42)39-2)20-19-29(28)25-34)35-26-41(27-40-35)38(31-13-7-4-8-14-31,32-15-9-5-10-16-32)33-17-11-6-12-18-33/h3-22,24-27,43H,1,23H2,2H3,(H,39,42). The predicted molar refractivity (Wildman–Crippen MR) is 172 cm³/mol. The van der Waals surface area contributed by atoms with Crippen LogP contribution in [0.3, 0.4) is 0 Å². The first-order chi connectivity index (χ1) is 21.0. The molecular formula is C38H33N3O2. The van der Waals surface area contributed by atoms with Crippen molar-refractivity contribution < 1.29 is 9.90 Å². The highest BCUT2D eigenvalue weighted by Crippen LogP contribution is 2.42. The Kier molecular flexibility index (Phi) is 7.49. The van der Waals surface area contributed by atoms with Gasteiger partial charge in [0.2, 0.25) is 0 Å². The maximum Gasteiger partial charge on any atom is 0.251 e.